The Labute approximate surface area is 94.1 Å². The number of rotatable bonds is 4. The maximum Gasteiger partial charge on any atom is 0.240 e. The monoisotopic (exact) mass is 221 g/mol. The molecule has 0 spiro atoms. The fourth-order valence-electron chi connectivity index (χ4n) is 2.02. The van der Waals surface area contributed by atoms with E-state index in [1.54, 1.807) is 0 Å². The number of likely N-dealkylation sites (tertiary alicyclic amines) is 1. The van der Waals surface area contributed by atoms with Crippen LogP contribution in [0.3, 0.4) is 0 Å². The Morgan fingerprint density at radius 3 is 3.00 bits per heavy atom. The molecule has 0 aliphatic carbocycles. The summed E-state index contributed by atoms with van der Waals surface area (Å²) in [5, 5.41) is 3.64. The lowest BCUT2D eigenvalue weighted by Crippen LogP contribution is -2.31. The molecule has 0 radical (unpaired) electrons. The highest BCUT2D eigenvalue weighted by molar-refractivity contribution is 5.49. The van der Waals surface area contributed by atoms with E-state index in [2.05, 4.69) is 15.0 Å². The van der Waals surface area contributed by atoms with Gasteiger partial charge in [0.05, 0.1) is 6.20 Å². The molecule has 0 bridgehead atoms. The lowest BCUT2D eigenvalue weighted by Gasteiger charge is -2.25. The molecule has 0 atom stereocenters. The van der Waals surface area contributed by atoms with Crippen molar-refractivity contribution < 1.29 is 9.32 Å². The molecule has 0 saturated carbocycles. The highest BCUT2D eigenvalue weighted by Gasteiger charge is 2.13. The zero-order valence-corrected chi connectivity index (χ0v) is 9.19. The fraction of sp³-hybridized carbons (Fsp3) is 0.636. The van der Waals surface area contributed by atoms with E-state index in [0.29, 0.717) is 11.4 Å². The molecule has 1 aliphatic heterocycles. The number of nitrogens with zero attached hydrogens (tertiary/aromatic N) is 3. The van der Waals surface area contributed by atoms with Crippen LogP contribution in [0.1, 0.15) is 25.0 Å². The third kappa shape index (κ3) is 2.78. The molecule has 2 rings (SSSR count). The Morgan fingerprint density at radius 2 is 2.25 bits per heavy atom. The van der Waals surface area contributed by atoms with Crippen LogP contribution in [0.5, 0.6) is 0 Å². The van der Waals surface area contributed by atoms with Crippen LogP contribution in [0.25, 0.3) is 0 Å². The number of aromatic nitrogens is 1. The molecule has 1 fully saturated rings. The van der Waals surface area contributed by atoms with Crippen LogP contribution in [0.4, 0.5) is 5.69 Å². The first-order chi connectivity index (χ1) is 7.90. The molecule has 86 valence electrons. The van der Waals surface area contributed by atoms with Gasteiger partial charge in [-0.1, -0.05) is 11.6 Å². The lowest BCUT2D eigenvalue weighted by atomic mass is 10.1. The Hall–Kier alpha value is -1.45. The summed E-state index contributed by atoms with van der Waals surface area (Å²) in [6.07, 6.45) is 7.60. The number of hydrogen-bond acceptors (Lipinski definition) is 5. The van der Waals surface area contributed by atoms with E-state index in [9.17, 15) is 4.79 Å². The van der Waals surface area contributed by atoms with E-state index in [4.69, 9.17) is 4.52 Å². The van der Waals surface area contributed by atoms with Gasteiger partial charge in [0.2, 0.25) is 6.08 Å². The number of hydrogen-bond donors (Lipinski definition) is 0. The molecule has 5 heteroatoms. The van der Waals surface area contributed by atoms with Crippen molar-refractivity contribution in [2.75, 3.05) is 19.6 Å². The van der Waals surface area contributed by atoms with Crippen LogP contribution in [-0.4, -0.2) is 35.8 Å². The molecule has 1 aromatic heterocycles. The Balaban J connectivity index is 1.88. The molecule has 2 heterocycles. The van der Waals surface area contributed by atoms with Crippen molar-refractivity contribution in [3.63, 3.8) is 0 Å². The van der Waals surface area contributed by atoms with Crippen molar-refractivity contribution in [3.8, 4) is 0 Å². The predicted molar refractivity (Wildman–Crippen MR) is 58.3 cm³/mol. The smallest absolute Gasteiger partial charge is 0.240 e. The van der Waals surface area contributed by atoms with E-state index in [0.717, 1.165) is 26.1 Å². The largest absolute Gasteiger partial charge is 0.359 e. The van der Waals surface area contributed by atoms with Gasteiger partial charge in [0.15, 0.2) is 5.76 Å². The maximum atomic E-state index is 10.2. The van der Waals surface area contributed by atoms with Crippen molar-refractivity contribution in [2.24, 2.45) is 4.99 Å². The van der Waals surface area contributed by atoms with Crippen LogP contribution < -0.4 is 0 Å². The van der Waals surface area contributed by atoms with Gasteiger partial charge in [-0.25, -0.2) is 4.79 Å². The molecule has 5 nitrogen and oxygen atoms in total. The molecule has 1 aromatic rings. The van der Waals surface area contributed by atoms with Crippen LogP contribution in [0, 0.1) is 0 Å². The van der Waals surface area contributed by atoms with Crippen LogP contribution >= 0.6 is 0 Å². The highest BCUT2D eigenvalue weighted by atomic mass is 16.5. The number of isocyanates is 1. The second-order valence-corrected chi connectivity index (χ2v) is 3.99. The van der Waals surface area contributed by atoms with Gasteiger partial charge >= 0.3 is 0 Å². The van der Waals surface area contributed by atoms with E-state index in [-0.39, 0.29) is 0 Å². The van der Waals surface area contributed by atoms with Crippen molar-refractivity contribution >= 4 is 11.8 Å². The Bertz CT molecular complexity index is 376. The standard InChI is InChI=1S/C11H15N3O2/c15-9-12-10-8-13-16-11(10)4-7-14-5-2-1-3-6-14/h8H,1-7H2. The van der Waals surface area contributed by atoms with E-state index in [1.165, 1.54) is 31.5 Å². The minimum atomic E-state index is 0.506. The van der Waals surface area contributed by atoms with Gasteiger partial charge in [0.25, 0.3) is 0 Å². The topological polar surface area (TPSA) is 58.7 Å². The first kappa shape index (κ1) is 11.0. The van der Waals surface area contributed by atoms with Gasteiger partial charge in [-0.05, 0) is 25.9 Å². The average Bonchev–Trinajstić information content (AvgIpc) is 2.76. The summed E-state index contributed by atoms with van der Waals surface area (Å²) in [5.74, 6) is 0.675. The van der Waals surface area contributed by atoms with Crippen LogP contribution in [0.15, 0.2) is 15.7 Å². The Kier molecular flexibility index (Phi) is 3.86. The van der Waals surface area contributed by atoms with Crippen molar-refractivity contribution in [1.29, 1.82) is 0 Å². The molecule has 1 aliphatic rings. The van der Waals surface area contributed by atoms with Crippen molar-refractivity contribution in [1.82, 2.24) is 10.1 Å². The minimum Gasteiger partial charge on any atom is -0.359 e. The maximum absolute atomic E-state index is 10.2. The van der Waals surface area contributed by atoms with E-state index < -0.39 is 0 Å². The average molecular weight is 221 g/mol. The second kappa shape index (κ2) is 5.58. The molecule has 0 amide bonds. The van der Waals surface area contributed by atoms with Gasteiger partial charge in [0, 0.05) is 13.0 Å². The SMILES string of the molecule is O=C=Nc1cnoc1CCN1CCCCC1. The van der Waals surface area contributed by atoms with Crippen LogP contribution in [-0.2, 0) is 11.2 Å². The molecule has 0 unspecified atom stereocenters. The molecular formula is C11H15N3O2. The second-order valence-electron chi connectivity index (χ2n) is 3.99. The molecule has 1 saturated heterocycles. The van der Waals surface area contributed by atoms with Crippen LogP contribution in [0.2, 0.25) is 0 Å². The third-order valence-electron chi connectivity index (χ3n) is 2.89. The summed E-state index contributed by atoms with van der Waals surface area (Å²) < 4.78 is 5.06. The number of aliphatic imine (C=N–C) groups is 1. The normalized spacial score (nSPS) is 17.0. The van der Waals surface area contributed by atoms with E-state index in [1.807, 2.05) is 0 Å². The van der Waals surface area contributed by atoms with Crippen molar-refractivity contribution in [3.05, 3.63) is 12.0 Å². The minimum absolute atomic E-state index is 0.506. The number of carbonyl (C=O) groups excluding carboxylic acids is 1. The van der Waals surface area contributed by atoms with E-state index >= 15 is 0 Å². The van der Waals surface area contributed by atoms with Gasteiger partial charge in [-0.3, -0.25) is 0 Å². The molecule has 16 heavy (non-hydrogen) atoms. The summed E-state index contributed by atoms with van der Waals surface area (Å²) >= 11 is 0. The third-order valence-corrected chi connectivity index (χ3v) is 2.89. The summed E-state index contributed by atoms with van der Waals surface area (Å²) in [5.41, 5.74) is 0.506. The zero-order chi connectivity index (χ0) is 11.2. The summed E-state index contributed by atoms with van der Waals surface area (Å²) in [7, 11) is 0. The summed E-state index contributed by atoms with van der Waals surface area (Å²) in [6.45, 7) is 3.25. The van der Waals surface area contributed by atoms with Gasteiger partial charge < -0.3 is 9.42 Å². The first-order valence-electron chi connectivity index (χ1n) is 5.64. The van der Waals surface area contributed by atoms with Gasteiger partial charge in [-0.2, -0.15) is 4.99 Å². The van der Waals surface area contributed by atoms with Gasteiger partial charge in [0.1, 0.15) is 5.69 Å². The van der Waals surface area contributed by atoms with Crippen molar-refractivity contribution in [2.45, 2.75) is 25.7 Å². The lowest BCUT2D eigenvalue weighted by molar-refractivity contribution is 0.224. The molecule has 0 N–H and O–H groups in total. The fourth-order valence-corrected chi connectivity index (χ4v) is 2.02. The van der Waals surface area contributed by atoms with Gasteiger partial charge in [-0.15, -0.1) is 0 Å². The highest BCUT2D eigenvalue weighted by Crippen LogP contribution is 2.19. The Morgan fingerprint density at radius 1 is 1.44 bits per heavy atom. The number of piperidine rings is 1. The molecular weight excluding hydrogens is 206 g/mol. The zero-order valence-electron chi connectivity index (χ0n) is 9.19. The predicted octanol–water partition coefficient (Wildman–Crippen LogP) is 1.67. The quantitative estimate of drug-likeness (QED) is 0.573. The first-order valence-corrected chi connectivity index (χ1v) is 5.64. The molecule has 0 aromatic carbocycles. The summed E-state index contributed by atoms with van der Waals surface area (Å²) in [4.78, 5) is 16.1. The summed E-state index contributed by atoms with van der Waals surface area (Å²) in [6, 6.07) is 0.